The fourth-order valence-corrected chi connectivity index (χ4v) is 4.96. The summed E-state index contributed by atoms with van der Waals surface area (Å²) in [7, 11) is 1.38. The number of thiophene rings is 1. The van der Waals surface area contributed by atoms with Gasteiger partial charge < -0.3 is 19.7 Å². The molecular weight excluding hydrogens is 364 g/mol. The Bertz CT molecular complexity index is 957. The second kappa shape index (κ2) is 7.44. The molecule has 3 aromatic heterocycles. The number of rotatable bonds is 4. The van der Waals surface area contributed by atoms with Crippen LogP contribution in [-0.4, -0.2) is 39.4 Å². The molecule has 0 spiro atoms. The van der Waals surface area contributed by atoms with Gasteiger partial charge in [0.05, 0.1) is 29.0 Å². The molecule has 7 nitrogen and oxygen atoms in total. The molecule has 1 aliphatic rings. The predicted octanol–water partition coefficient (Wildman–Crippen LogP) is 3.79. The van der Waals surface area contributed by atoms with E-state index < -0.39 is 6.10 Å². The first-order valence-electron chi connectivity index (χ1n) is 9.32. The molecule has 0 aromatic carbocycles. The van der Waals surface area contributed by atoms with Crippen molar-refractivity contribution in [1.29, 1.82) is 0 Å². The summed E-state index contributed by atoms with van der Waals surface area (Å²) in [6.45, 7) is 2.41. The van der Waals surface area contributed by atoms with E-state index >= 15 is 0 Å². The first-order chi connectivity index (χ1) is 13.1. The number of carbonyl (C=O) groups is 1. The number of amides is 1. The summed E-state index contributed by atoms with van der Waals surface area (Å²) >= 11 is 1.67. The Balaban J connectivity index is 1.62. The first kappa shape index (κ1) is 18.2. The molecule has 2 N–H and O–H groups in total. The van der Waals surface area contributed by atoms with Crippen LogP contribution in [0.2, 0.25) is 0 Å². The largest absolute Gasteiger partial charge is 0.453 e. The molecule has 0 bridgehead atoms. The third kappa shape index (κ3) is 3.39. The van der Waals surface area contributed by atoms with Gasteiger partial charge in [0.1, 0.15) is 17.4 Å². The maximum atomic E-state index is 11.3. The van der Waals surface area contributed by atoms with Crippen LogP contribution in [0.15, 0.2) is 17.6 Å². The van der Waals surface area contributed by atoms with Crippen molar-refractivity contribution < 1.29 is 14.6 Å². The van der Waals surface area contributed by atoms with Crippen molar-refractivity contribution in [2.24, 2.45) is 5.92 Å². The van der Waals surface area contributed by atoms with Crippen molar-refractivity contribution >= 4 is 38.7 Å². The maximum absolute atomic E-state index is 11.3. The highest BCUT2D eigenvalue weighted by molar-refractivity contribution is 7.18. The number of fused-ring (bicyclic) bond motifs is 3. The molecule has 4 rings (SSSR count). The predicted molar refractivity (Wildman–Crippen MR) is 105 cm³/mol. The average molecular weight is 388 g/mol. The zero-order valence-corrected chi connectivity index (χ0v) is 16.3. The lowest BCUT2D eigenvalue weighted by atomic mass is 9.85. The summed E-state index contributed by atoms with van der Waals surface area (Å²) in [6.07, 6.45) is 4.83. The lowest BCUT2D eigenvalue weighted by Crippen LogP contribution is -2.31. The smallest absolute Gasteiger partial charge is 0.406 e. The molecule has 1 saturated carbocycles. The van der Waals surface area contributed by atoms with E-state index in [1.54, 1.807) is 24.5 Å². The van der Waals surface area contributed by atoms with Crippen LogP contribution in [0.3, 0.4) is 0 Å². The fraction of sp³-hybridized carbons (Fsp3) is 0.526. The van der Waals surface area contributed by atoms with Crippen molar-refractivity contribution in [3.8, 4) is 0 Å². The summed E-state index contributed by atoms with van der Waals surface area (Å²) in [4.78, 5) is 20.5. The standard InChI is InChI=1S/C19H24N4O3S/c1-11(24)18-22-15-10-20-14-7-8-27-17(14)16(15)23(18)13-5-3-12(4-6-13)9-21-19(25)26-2/h7-8,10-13,24H,3-6,9H2,1-2H3,(H,21,25)/t11-,12?,13?/m1/s1. The zero-order valence-electron chi connectivity index (χ0n) is 15.5. The van der Waals surface area contributed by atoms with E-state index in [1.807, 2.05) is 11.4 Å². The summed E-state index contributed by atoms with van der Waals surface area (Å²) in [5, 5.41) is 15.2. The fourth-order valence-electron chi connectivity index (χ4n) is 4.07. The van der Waals surface area contributed by atoms with Crippen LogP contribution in [0, 0.1) is 5.92 Å². The molecule has 0 saturated heterocycles. The third-order valence-electron chi connectivity index (χ3n) is 5.43. The number of hydrogen-bond acceptors (Lipinski definition) is 6. The third-order valence-corrected chi connectivity index (χ3v) is 6.34. The normalized spacial score (nSPS) is 21.4. The van der Waals surface area contributed by atoms with Gasteiger partial charge in [-0.3, -0.25) is 4.98 Å². The number of imidazole rings is 1. The Morgan fingerprint density at radius 3 is 2.89 bits per heavy atom. The second-order valence-corrected chi connectivity index (χ2v) is 8.11. The van der Waals surface area contributed by atoms with Crippen molar-refractivity contribution in [1.82, 2.24) is 19.9 Å². The number of aliphatic hydroxyl groups excluding tert-OH is 1. The molecule has 0 unspecified atom stereocenters. The number of carbonyl (C=O) groups excluding carboxylic acids is 1. The molecule has 144 valence electrons. The van der Waals surface area contributed by atoms with Crippen LogP contribution in [0.1, 0.15) is 50.6 Å². The highest BCUT2D eigenvalue weighted by Gasteiger charge is 2.28. The van der Waals surface area contributed by atoms with Crippen LogP contribution < -0.4 is 5.32 Å². The van der Waals surface area contributed by atoms with E-state index in [-0.39, 0.29) is 6.09 Å². The molecule has 1 amide bonds. The van der Waals surface area contributed by atoms with Crippen molar-refractivity contribution in [2.45, 2.75) is 44.8 Å². The average Bonchev–Trinajstić information content (AvgIpc) is 3.30. The number of nitrogens with one attached hydrogen (secondary N) is 1. The van der Waals surface area contributed by atoms with Gasteiger partial charge in [0.15, 0.2) is 0 Å². The number of ether oxygens (including phenoxy) is 1. The molecule has 1 aliphatic carbocycles. The van der Waals surface area contributed by atoms with E-state index in [2.05, 4.69) is 19.6 Å². The minimum atomic E-state index is -0.633. The van der Waals surface area contributed by atoms with Gasteiger partial charge >= 0.3 is 6.09 Å². The van der Waals surface area contributed by atoms with Crippen molar-refractivity contribution in [2.75, 3.05) is 13.7 Å². The molecule has 27 heavy (non-hydrogen) atoms. The van der Waals surface area contributed by atoms with E-state index in [9.17, 15) is 9.90 Å². The Labute approximate surface area is 161 Å². The summed E-state index contributed by atoms with van der Waals surface area (Å²) < 4.78 is 8.02. The van der Waals surface area contributed by atoms with Crippen LogP contribution in [0.5, 0.6) is 0 Å². The summed E-state index contributed by atoms with van der Waals surface area (Å²) in [6, 6.07) is 2.32. The number of nitrogens with zero attached hydrogens (tertiary/aromatic N) is 3. The number of aromatic nitrogens is 3. The molecule has 3 aromatic rings. The van der Waals surface area contributed by atoms with Gasteiger partial charge in [0.25, 0.3) is 0 Å². The minimum absolute atomic E-state index is 0.293. The molecule has 8 heteroatoms. The van der Waals surface area contributed by atoms with Gasteiger partial charge in [-0.15, -0.1) is 11.3 Å². The lowest BCUT2D eigenvalue weighted by Gasteiger charge is -2.31. The Morgan fingerprint density at radius 2 is 2.19 bits per heavy atom. The molecule has 1 fully saturated rings. The van der Waals surface area contributed by atoms with E-state index in [1.165, 1.54) is 7.11 Å². The van der Waals surface area contributed by atoms with Gasteiger partial charge in [0, 0.05) is 12.6 Å². The van der Waals surface area contributed by atoms with Gasteiger partial charge in [-0.1, -0.05) is 0 Å². The minimum Gasteiger partial charge on any atom is -0.453 e. The maximum Gasteiger partial charge on any atom is 0.406 e. The molecular formula is C19H24N4O3S. The Kier molecular flexibility index (Phi) is 5.01. The van der Waals surface area contributed by atoms with Crippen LogP contribution in [0.4, 0.5) is 4.79 Å². The Hall–Kier alpha value is -2.19. The van der Waals surface area contributed by atoms with Crippen molar-refractivity contribution in [3.63, 3.8) is 0 Å². The summed E-state index contributed by atoms with van der Waals surface area (Å²) in [5.41, 5.74) is 2.90. The molecule has 1 atom stereocenters. The van der Waals surface area contributed by atoms with Gasteiger partial charge in [0.2, 0.25) is 0 Å². The monoisotopic (exact) mass is 388 g/mol. The number of alkyl carbamates (subject to hydrolysis) is 1. The number of methoxy groups -OCH3 is 1. The topological polar surface area (TPSA) is 89.3 Å². The van der Waals surface area contributed by atoms with E-state index in [0.717, 1.165) is 46.9 Å². The first-order valence-corrected chi connectivity index (χ1v) is 10.2. The quantitative estimate of drug-likeness (QED) is 0.710. The van der Waals surface area contributed by atoms with Gasteiger partial charge in [-0.25, -0.2) is 9.78 Å². The van der Waals surface area contributed by atoms with Crippen molar-refractivity contribution in [3.05, 3.63) is 23.5 Å². The molecule has 3 heterocycles. The van der Waals surface area contributed by atoms with Gasteiger partial charge in [-0.05, 0) is 50.0 Å². The summed E-state index contributed by atoms with van der Waals surface area (Å²) in [5.74, 6) is 1.16. The van der Waals surface area contributed by atoms with Crippen LogP contribution in [-0.2, 0) is 4.74 Å². The number of aliphatic hydroxyl groups is 1. The second-order valence-electron chi connectivity index (χ2n) is 7.19. The van der Waals surface area contributed by atoms with Crippen LogP contribution in [0.25, 0.3) is 21.3 Å². The molecule has 0 aliphatic heterocycles. The van der Waals surface area contributed by atoms with E-state index in [4.69, 9.17) is 4.98 Å². The highest BCUT2D eigenvalue weighted by atomic mass is 32.1. The SMILES string of the molecule is COC(=O)NCC1CCC(n2c([C@@H](C)O)nc3cnc4ccsc4c32)CC1. The molecule has 0 radical (unpaired) electrons. The number of pyridine rings is 1. The van der Waals surface area contributed by atoms with Gasteiger partial charge in [-0.2, -0.15) is 0 Å². The lowest BCUT2D eigenvalue weighted by molar-refractivity contribution is 0.163. The number of hydrogen-bond donors (Lipinski definition) is 2. The Morgan fingerprint density at radius 1 is 1.41 bits per heavy atom. The highest BCUT2D eigenvalue weighted by Crippen LogP contribution is 2.39. The zero-order chi connectivity index (χ0) is 19.0. The van der Waals surface area contributed by atoms with Crippen LogP contribution >= 0.6 is 11.3 Å². The van der Waals surface area contributed by atoms with E-state index in [0.29, 0.717) is 24.3 Å².